The van der Waals surface area contributed by atoms with Gasteiger partial charge in [-0.3, -0.25) is 4.79 Å². The SMILES string of the molecule is O=Cc1ccc(OC2COC2)cc1OCc1ccccc1. The van der Waals surface area contributed by atoms with Crippen LogP contribution in [0.15, 0.2) is 48.5 Å². The third-order valence-electron chi connectivity index (χ3n) is 3.26. The number of ether oxygens (including phenoxy) is 3. The van der Waals surface area contributed by atoms with E-state index in [1.54, 1.807) is 18.2 Å². The van der Waals surface area contributed by atoms with E-state index in [-0.39, 0.29) is 6.10 Å². The number of carbonyl (C=O) groups is 1. The van der Waals surface area contributed by atoms with Crippen LogP contribution >= 0.6 is 0 Å². The summed E-state index contributed by atoms with van der Waals surface area (Å²) in [5, 5.41) is 0. The van der Waals surface area contributed by atoms with Crippen LogP contribution in [0.25, 0.3) is 0 Å². The monoisotopic (exact) mass is 284 g/mol. The zero-order valence-corrected chi connectivity index (χ0v) is 11.5. The Morgan fingerprint density at radius 2 is 1.95 bits per heavy atom. The molecule has 3 rings (SSSR count). The molecule has 0 bridgehead atoms. The van der Waals surface area contributed by atoms with Crippen molar-refractivity contribution in [2.75, 3.05) is 13.2 Å². The number of aldehydes is 1. The number of rotatable bonds is 6. The van der Waals surface area contributed by atoms with E-state index < -0.39 is 0 Å². The first-order valence-corrected chi connectivity index (χ1v) is 6.85. The van der Waals surface area contributed by atoms with E-state index in [1.165, 1.54) is 0 Å². The molecule has 0 aromatic heterocycles. The van der Waals surface area contributed by atoms with Gasteiger partial charge in [0.25, 0.3) is 0 Å². The van der Waals surface area contributed by atoms with Gasteiger partial charge in [-0.1, -0.05) is 30.3 Å². The van der Waals surface area contributed by atoms with Crippen LogP contribution in [0.1, 0.15) is 15.9 Å². The molecule has 2 aromatic rings. The van der Waals surface area contributed by atoms with E-state index in [0.717, 1.165) is 11.8 Å². The van der Waals surface area contributed by atoms with Gasteiger partial charge in [-0.2, -0.15) is 0 Å². The molecule has 1 aliphatic heterocycles. The number of carbonyl (C=O) groups excluding carboxylic acids is 1. The summed E-state index contributed by atoms with van der Waals surface area (Å²) in [7, 11) is 0. The van der Waals surface area contributed by atoms with Gasteiger partial charge in [0.15, 0.2) is 6.29 Å². The smallest absolute Gasteiger partial charge is 0.153 e. The van der Waals surface area contributed by atoms with Gasteiger partial charge in [-0.25, -0.2) is 0 Å². The summed E-state index contributed by atoms with van der Waals surface area (Å²) in [6, 6.07) is 15.1. The highest BCUT2D eigenvalue weighted by Crippen LogP contribution is 2.26. The van der Waals surface area contributed by atoms with E-state index in [9.17, 15) is 4.79 Å². The lowest BCUT2D eigenvalue weighted by atomic mass is 10.2. The van der Waals surface area contributed by atoms with Crippen molar-refractivity contribution >= 4 is 6.29 Å². The molecular formula is C17H16O4. The molecule has 4 nitrogen and oxygen atoms in total. The molecule has 0 saturated carbocycles. The lowest BCUT2D eigenvalue weighted by Crippen LogP contribution is -2.38. The fraction of sp³-hybridized carbons (Fsp3) is 0.235. The van der Waals surface area contributed by atoms with Crippen LogP contribution in [-0.4, -0.2) is 25.6 Å². The summed E-state index contributed by atoms with van der Waals surface area (Å²) in [5.74, 6) is 1.23. The second kappa shape index (κ2) is 6.41. The molecule has 0 radical (unpaired) electrons. The van der Waals surface area contributed by atoms with E-state index in [2.05, 4.69) is 0 Å². The molecule has 1 saturated heterocycles. The standard InChI is InChI=1S/C17H16O4/c18-9-14-6-7-15(21-16-11-19-12-16)8-17(14)20-10-13-4-2-1-3-5-13/h1-9,16H,10-12H2. The van der Waals surface area contributed by atoms with Crippen LogP contribution < -0.4 is 9.47 Å². The van der Waals surface area contributed by atoms with Crippen molar-refractivity contribution < 1.29 is 19.0 Å². The zero-order valence-electron chi connectivity index (χ0n) is 11.5. The largest absolute Gasteiger partial charge is 0.488 e. The molecule has 1 aliphatic rings. The summed E-state index contributed by atoms with van der Waals surface area (Å²) in [5.41, 5.74) is 1.57. The third kappa shape index (κ3) is 3.41. The molecule has 2 aromatic carbocycles. The Balaban J connectivity index is 1.71. The minimum atomic E-state index is 0.0917. The topological polar surface area (TPSA) is 44.8 Å². The summed E-state index contributed by atoms with van der Waals surface area (Å²) >= 11 is 0. The molecule has 0 aliphatic carbocycles. The summed E-state index contributed by atoms with van der Waals surface area (Å²) in [6.45, 7) is 1.63. The molecule has 0 N–H and O–H groups in total. The molecule has 1 fully saturated rings. The average molecular weight is 284 g/mol. The normalized spacial score (nSPS) is 14.3. The van der Waals surface area contributed by atoms with Gasteiger partial charge < -0.3 is 14.2 Å². The molecular weight excluding hydrogens is 268 g/mol. The third-order valence-corrected chi connectivity index (χ3v) is 3.26. The fourth-order valence-electron chi connectivity index (χ4n) is 2.02. The molecule has 21 heavy (non-hydrogen) atoms. The van der Waals surface area contributed by atoms with Crippen LogP contribution in [0, 0.1) is 0 Å². The minimum absolute atomic E-state index is 0.0917. The minimum Gasteiger partial charge on any atom is -0.488 e. The molecule has 0 atom stereocenters. The van der Waals surface area contributed by atoms with Crippen molar-refractivity contribution in [2.24, 2.45) is 0 Å². The predicted octanol–water partition coefficient (Wildman–Crippen LogP) is 2.86. The van der Waals surface area contributed by atoms with Crippen LogP contribution in [0.3, 0.4) is 0 Å². The first-order valence-electron chi connectivity index (χ1n) is 6.85. The van der Waals surface area contributed by atoms with Gasteiger partial charge in [0.1, 0.15) is 24.2 Å². The van der Waals surface area contributed by atoms with Gasteiger partial charge in [0.05, 0.1) is 18.8 Å². The van der Waals surface area contributed by atoms with Gasteiger partial charge in [0, 0.05) is 6.07 Å². The highest BCUT2D eigenvalue weighted by molar-refractivity contribution is 5.79. The molecule has 0 amide bonds. The van der Waals surface area contributed by atoms with Crippen LogP contribution in [-0.2, 0) is 11.3 Å². The van der Waals surface area contributed by atoms with E-state index in [4.69, 9.17) is 14.2 Å². The second-order valence-corrected chi connectivity index (χ2v) is 4.87. The lowest BCUT2D eigenvalue weighted by molar-refractivity contribution is -0.0797. The molecule has 4 heteroatoms. The maximum Gasteiger partial charge on any atom is 0.153 e. The Morgan fingerprint density at radius 3 is 2.62 bits per heavy atom. The van der Waals surface area contributed by atoms with Crippen molar-refractivity contribution in [2.45, 2.75) is 12.7 Å². The van der Waals surface area contributed by atoms with E-state index in [0.29, 0.717) is 36.9 Å². The maximum absolute atomic E-state index is 11.1. The quantitative estimate of drug-likeness (QED) is 0.765. The molecule has 0 unspecified atom stereocenters. The maximum atomic E-state index is 11.1. The Labute approximate surface area is 123 Å². The number of hydrogen-bond donors (Lipinski definition) is 0. The van der Waals surface area contributed by atoms with E-state index >= 15 is 0 Å². The van der Waals surface area contributed by atoms with E-state index in [1.807, 2.05) is 30.3 Å². The van der Waals surface area contributed by atoms with Crippen LogP contribution in [0.2, 0.25) is 0 Å². The average Bonchev–Trinajstić information content (AvgIpc) is 2.50. The van der Waals surface area contributed by atoms with Gasteiger partial charge in [-0.05, 0) is 17.7 Å². The van der Waals surface area contributed by atoms with Gasteiger partial charge in [0.2, 0.25) is 0 Å². The van der Waals surface area contributed by atoms with Crippen LogP contribution in [0.5, 0.6) is 11.5 Å². The van der Waals surface area contributed by atoms with Crippen molar-refractivity contribution in [1.29, 1.82) is 0 Å². The first-order chi connectivity index (χ1) is 10.3. The second-order valence-electron chi connectivity index (χ2n) is 4.87. The van der Waals surface area contributed by atoms with Crippen molar-refractivity contribution in [3.05, 3.63) is 59.7 Å². The van der Waals surface area contributed by atoms with Gasteiger partial charge in [-0.15, -0.1) is 0 Å². The zero-order chi connectivity index (χ0) is 14.5. The molecule has 0 spiro atoms. The van der Waals surface area contributed by atoms with Crippen molar-refractivity contribution in [3.63, 3.8) is 0 Å². The number of benzene rings is 2. The Kier molecular flexibility index (Phi) is 4.17. The summed E-state index contributed by atoms with van der Waals surface area (Å²) in [4.78, 5) is 11.1. The summed E-state index contributed by atoms with van der Waals surface area (Å²) in [6.07, 6.45) is 0.880. The first kappa shape index (κ1) is 13.6. The highest BCUT2D eigenvalue weighted by atomic mass is 16.6. The summed E-state index contributed by atoms with van der Waals surface area (Å²) < 4.78 is 16.5. The van der Waals surface area contributed by atoms with Gasteiger partial charge >= 0.3 is 0 Å². The lowest BCUT2D eigenvalue weighted by Gasteiger charge is -2.27. The fourth-order valence-corrected chi connectivity index (χ4v) is 2.02. The Hall–Kier alpha value is -2.33. The highest BCUT2D eigenvalue weighted by Gasteiger charge is 2.20. The van der Waals surface area contributed by atoms with Crippen molar-refractivity contribution in [1.82, 2.24) is 0 Å². The Morgan fingerprint density at radius 1 is 1.14 bits per heavy atom. The predicted molar refractivity (Wildman–Crippen MR) is 77.8 cm³/mol. The number of hydrogen-bond acceptors (Lipinski definition) is 4. The molecule has 1 heterocycles. The van der Waals surface area contributed by atoms with Crippen molar-refractivity contribution in [3.8, 4) is 11.5 Å². The Bertz CT molecular complexity index is 605. The molecule has 108 valence electrons. The van der Waals surface area contributed by atoms with Crippen LogP contribution in [0.4, 0.5) is 0 Å².